The van der Waals surface area contributed by atoms with E-state index in [1.54, 1.807) is 23.8 Å². The lowest BCUT2D eigenvalue weighted by molar-refractivity contribution is -0.158. The maximum absolute atomic E-state index is 13.9. The van der Waals surface area contributed by atoms with Gasteiger partial charge in [0.1, 0.15) is 18.2 Å². The average molecular weight is 623 g/mol. The summed E-state index contributed by atoms with van der Waals surface area (Å²) in [6, 6.07) is 6.22. The van der Waals surface area contributed by atoms with Crippen LogP contribution in [0.25, 0.3) is 0 Å². The number of hydrogen-bond donors (Lipinski definition) is 1. The normalized spacial score (nSPS) is 23.8. The number of hydrogen-bond acceptors (Lipinski definition) is 6. The first-order valence-corrected chi connectivity index (χ1v) is 17.0. The van der Waals surface area contributed by atoms with Crippen molar-refractivity contribution >= 4 is 23.7 Å². The van der Waals surface area contributed by atoms with E-state index in [9.17, 15) is 19.2 Å². The number of fused-ring (bicyclic) bond motifs is 1. The number of piperidine rings is 1. The Hall–Kier alpha value is -3.20. The summed E-state index contributed by atoms with van der Waals surface area (Å²) in [5.74, 6) is -0.932. The zero-order valence-electron chi connectivity index (χ0n) is 28.4. The van der Waals surface area contributed by atoms with Crippen LogP contribution in [0.1, 0.15) is 96.8 Å². The second-order valence-electron chi connectivity index (χ2n) is 13.9. The Morgan fingerprint density at radius 2 is 1.64 bits per heavy atom. The third-order valence-corrected chi connectivity index (χ3v) is 9.90. The lowest BCUT2D eigenvalue weighted by atomic mass is 9.89. The van der Waals surface area contributed by atoms with Gasteiger partial charge in [-0.3, -0.25) is 19.3 Å². The molecule has 2 heterocycles. The highest BCUT2D eigenvalue weighted by Gasteiger charge is 2.39. The molecule has 5 atom stereocenters. The second-order valence-corrected chi connectivity index (χ2v) is 13.9. The SMILES string of the molecule is C/C(=C\[C@H](C(C)C)N(C)C(=O)C(NC(=O)[C@H]1CCCCN1C)C(C)C)C(=O)N1CCC[C@H]1C(=O)O[C@H]1CCCc2ccccc21. The first kappa shape index (κ1) is 34.7. The summed E-state index contributed by atoms with van der Waals surface area (Å²) >= 11 is 0. The van der Waals surface area contributed by atoms with E-state index in [0.29, 0.717) is 18.5 Å². The average Bonchev–Trinajstić information content (AvgIpc) is 3.51. The lowest BCUT2D eigenvalue weighted by Crippen LogP contribution is -2.57. The first-order valence-electron chi connectivity index (χ1n) is 17.0. The van der Waals surface area contributed by atoms with Gasteiger partial charge in [-0.05, 0) is 88.4 Å². The Kier molecular flexibility index (Phi) is 11.9. The zero-order valence-corrected chi connectivity index (χ0v) is 28.4. The van der Waals surface area contributed by atoms with E-state index in [-0.39, 0.29) is 53.7 Å². The van der Waals surface area contributed by atoms with Crippen molar-refractivity contribution in [3.05, 3.63) is 47.0 Å². The van der Waals surface area contributed by atoms with Gasteiger partial charge in [-0.25, -0.2) is 4.79 Å². The molecule has 2 aliphatic heterocycles. The fourth-order valence-electron chi connectivity index (χ4n) is 7.15. The maximum Gasteiger partial charge on any atom is 0.329 e. The number of aryl methyl sites for hydroxylation is 1. The van der Waals surface area contributed by atoms with Gasteiger partial charge in [0.15, 0.2) is 0 Å². The van der Waals surface area contributed by atoms with Gasteiger partial charge in [0.2, 0.25) is 17.7 Å². The van der Waals surface area contributed by atoms with Crippen molar-refractivity contribution in [1.82, 2.24) is 20.0 Å². The van der Waals surface area contributed by atoms with Crippen molar-refractivity contribution in [1.29, 1.82) is 0 Å². The van der Waals surface area contributed by atoms with Gasteiger partial charge in [0.05, 0.1) is 12.1 Å². The molecule has 0 bridgehead atoms. The van der Waals surface area contributed by atoms with Crippen molar-refractivity contribution in [2.75, 3.05) is 27.2 Å². The van der Waals surface area contributed by atoms with Crippen molar-refractivity contribution in [3.8, 4) is 0 Å². The monoisotopic (exact) mass is 622 g/mol. The van der Waals surface area contributed by atoms with E-state index >= 15 is 0 Å². The fraction of sp³-hybridized carbons (Fsp3) is 0.667. The smallest absolute Gasteiger partial charge is 0.329 e. The molecule has 9 nitrogen and oxygen atoms in total. The molecule has 2 saturated heterocycles. The number of nitrogens with zero attached hydrogens (tertiary/aromatic N) is 3. The van der Waals surface area contributed by atoms with Gasteiger partial charge in [0.25, 0.3) is 0 Å². The van der Waals surface area contributed by atoms with Crippen molar-refractivity contribution in [3.63, 3.8) is 0 Å². The molecule has 0 saturated carbocycles. The van der Waals surface area contributed by atoms with Crippen molar-refractivity contribution < 1.29 is 23.9 Å². The molecular weight excluding hydrogens is 568 g/mol. The molecule has 0 aromatic heterocycles. The second kappa shape index (κ2) is 15.4. The van der Waals surface area contributed by atoms with Crippen LogP contribution < -0.4 is 5.32 Å². The van der Waals surface area contributed by atoms with Gasteiger partial charge in [0, 0.05) is 19.2 Å². The Labute approximate surface area is 269 Å². The van der Waals surface area contributed by atoms with Gasteiger partial charge in [-0.2, -0.15) is 0 Å². The Bertz CT molecular complexity index is 1260. The van der Waals surface area contributed by atoms with Crippen LogP contribution in [0.5, 0.6) is 0 Å². The minimum absolute atomic E-state index is 0.0143. The molecule has 1 unspecified atom stereocenters. The summed E-state index contributed by atoms with van der Waals surface area (Å²) in [4.78, 5) is 59.7. The topological polar surface area (TPSA) is 99.3 Å². The largest absolute Gasteiger partial charge is 0.456 e. The number of amides is 3. The molecule has 0 spiro atoms. The highest BCUT2D eigenvalue weighted by molar-refractivity contribution is 5.96. The van der Waals surface area contributed by atoms with E-state index < -0.39 is 12.1 Å². The number of benzene rings is 1. The van der Waals surface area contributed by atoms with Crippen LogP contribution in [0.2, 0.25) is 0 Å². The van der Waals surface area contributed by atoms with Gasteiger partial charge < -0.3 is 19.9 Å². The van der Waals surface area contributed by atoms with Gasteiger partial charge >= 0.3 is 5.97 Å². The molecule has 0 radical (unpaired) electrons. The minimum atomic E-state index is -0.675. The molecule has 1 aliphatic carbocycles. The zero-order chi connectivity index (χ0) is 32.8. The van der Waals surface area contributed by atoms with Crippen molar-refractivity contribution in [2.24, 2.45) is 11.8 Å². The number of carbonyl (C=O) groups excluding carboxylic acids is 4. The van der Waals surface area contributed by atoms with Gasteiger partial charge in [-0.15, -0.1) is 0 Å². The predicted octanol–water partition coefficient (Wildman–Crippen LogP) is 4.65. The van der Waals surface area contributed by atoms with Crippen LogP contribution in [0.3, 0.4) is 0 Å². The molecular formula is C36H54N4O5. The number of rotatable bonds is 10. The molecule has 3 aliphatic rings. The lowest BCUT2D eigenvalue weighted by Gasteiger charge is -2.36. The molecule has 45 heavy (non-hydrogen) atoms. The summed E-state index contributed by atoms with van der Waals surface area (Å²) in [6.07, 6.45) is 8.46. The van der Waals surface area contributed by atoms with Gasteiger partial charge in [-0.1, -0.05) is 64.5 Å². The summed E-state index contributed by atoms with van der Waals surface area (Å²) in [5.41, 5.74) is 2.78. The Morgan fingerprint density at radius 3 is 2.33 bits per heavy atom. The van der Waals surface area contributed by atoms with E-state index in [2.05, 4.69) is 16.3 Å². The number of carbonyl (C=O) groups is 4. The highest BCUT2D eigenvalue weighted by atomic mass is 16.5. The number of esters is 1. The van der Waals surface area contributed by atoms with Crippen molar-refractivity contribution in [2.45, 2.75) is 116 Å². The quantitative estimate of drug-likeness (QED) is 0.301. The summed E-state index contributed by atoms with van der Waals surface area (Å²) in [5, 5.41) is 3.05. The summed E-state index contributed by atoms with van der Waals surface area (Å²) in [7, 11) is 3.70. The molecule has 4 rings (SSSR count). The van der Waals surface area contributed by atoms with Crippen LogP contribution in [0.4, 0.5) is 0 Å². The van der Waals surface area contributed by atoms with Crippen LogP contribution in [0, 0.1) is 11.8 Å². The molecule has 1 aromatic carbocycles. The first-order chi connectivity index (χ1) is 21.4. The molecule has 2 fully saturated rings. The standard InChI is InChI=1S/C36H54N4O5/c1-23(2)30(39(7)35(43)32(24(3)4)37-33(41)28-17-10-11-20-38(28)6)22-25(5)34(42)40-21-13-18-29(40)36(44)45-31-19-12-15-26-14-8-9-16-27(26)31/h8-9,14,16,22-24,28-32H,10-13,15,17-21H2,1-7H3,(H,37,41)/b25-22+/t28-,29+,30-,31+,32?/m1/s1. The summed E-state index contributed by atoms with van der Waals surface area (Å²) in [6.45, 7) is 11.0. The predicted molar refractivity (Wildman–Crippen MR) is 175 cm³/mol. The molecule has 1 aromatic rings. The van der Waals surface area contributed by atoms with E-state index in [1.165, 1.54) is 5.56 Å². The third kappa shape index (κ3) is 8.15. The fourth-order valence-corrected chi connectivity index (χ4v) is 7.15. The highest BCUT2D eigenvalue weighted by Crippen LogP contribution is 2.34. The Balaban J connectivity index is 1.44. The molecule has 1 N–H and O–H groups in total. The van der Waals surface area contributed by atoms with Crippen LogP contribution >= 0.6 is 0 Å². The van der Waals surface area contributed by atoms with Crippen LogP contribution in [-0.2, 0) is 30.3 Å². The number of ether oxygens (including phenoxy) is 1. The van der Waals surface area contributed by atoms with Crippen LogP contribution in [0.15, 0.2) is 35.9 Å². The van der Waals surface area contributed by atoms with E-state index in [4.69, 9.17) is 4.74 Å². The van der Waals surface area contributed by atoms with E-state index in [1.807, 2.05) is 59.0 Å². The van der Waals surface area contributed by atoms with Crippen LogP contribution in [-0.4, -0.2) is 89.7 Å². The number of nitrogens with one attached hydrogen (secondary N) is 1. The maximum atomic E-state index is 13.9. The number of likely N-dealkylation sites (N-methyl/N-ethyl adjacent to an activating group) is 2. The Morgan fingerprint density at radius 1 is 0.933 bits per heavy atom. The summed E-state index contributed by atoms with van der Waals surface area (Å²) < 4.78 is 6.04. The van der Waals surface area contributed by atoms with E-state index in [0.717, 1.165) is 57.1 Å². The third-order valence-electron chi connectivity index (χ3n) is 9.90. The molecule has 3 amide bonds. The minimum Gasteiger partial charge on any atom is -0.456 e. The molecule has 9 heteroatoms. The number of likely N-dealkylation sites (tertiary alicyclic amines) is 2. The molecule has 248 valence electrons.